The van der Waals surface area contributed by atoms with E-state index in [0.29, 0.717) is 12.0 Å². The van der Waals surface area contributed by atoms with Crippen LogP contribution in [-0.2, 0) is 20.9 Å². The van der Waals surface area contributed by atoms with E-state index >= 15 is 0 Å². The van der Waals surface area contributed by atoms with Crippen LogP contribution in [0.5, 0.6) is 0 Å². The van der Waals surface area contributed by atoms with Gasteiger partial charge in [0.15, 0.2) is 0 Å². The highest BCUT2D eigenvalue weighted by molar-refractivity contribution is 5.87. The molecule has 3 aromatic carbocycles. The first-order valence-corrected chi connectivity index (χ1v) is 10.3. The predicted octanol–water partition coefficient (Wildman–Crippen LogP) is 4.35. The Bertz CT molecular complexity index is 1170. The molecule has 4 nitrogen and oxygen atoms in total. The molecule has 0 saturated carbocycles. The van der Waals surface area contributed by atoms with Gasteiger partial charge in [0.1, 0.15) is 5.54 Å². The molecule has 1 unspecified atom stereocenters. The molecule has 3 aromatic rings. The molecule has 1 N–H and O–H groups in total. The zero-order valence-electron chi connectivity index (χ0n) is 16.4. The normalized spacial score (nSPS) is 29.0. The van der Waals surface area contributed by atoms with Gasteiger partial charge in [0.25, 0.3) is 5.79 Å². The summed E-state index contributed by atoms with van der Waals surface area (Å²) in [6, 6.07) is 27.6. The van der Waals surface area contributed by atoms with Crippen LogP contribution in [0.2, 0.25) is 0 Å². The van der Waals surface area contributed by atoms with E-state index in [2.05, 4.69) is 23.1 Å². The third kappa shape index (κ3) is 2.06. The maximum atomic E-state index is 12.9. The van der Waals surface area contributed by atoms with Crippen molar-refractivity contribution in [3.63, 3.8) is 0 Å². The lowest BCUT2D eigenvalue weighted by atomic mass is 9.73. The number of anilines is 1. The highest BCUT2D eigenvalue weighted by Gasteiger charge is 2.69. The predicted molar refractivity (Wildman–Crippen MR) is 114 cm³/mol. The first-order chi connectivity index (χ1) is 14.6. The molecule has 1 saturated heterocycles. The fourth-order valence-corrected chi connectivity index (χ4v) is 5.58. The van der Waals surface area contributed by atoms with Crippen LogP contribution in [0.1, 0.15) is 29.5 Å². The molecule has 3 aliphatic rings. The number of carbonyl (C=O) groups excluding carboxylic acids is 1. The van der Waals surface area contributed by atoms with Gasteiger partial charge >= 0.3 is 5.97 Å². The van der Waals surface area contributed by atoms with E-state index in [1.54, 1.807) is 0 Å². The summed E-state index contributed by atoms with van der Waals surface area (Å²) in [5.41, 5.74) is 3.78. The lowest BCUT2D eigenvalue weighted by Crippen LogP contribution is -2.59. The van der Waals surface area contributed by atoms with Gasteiger partial charge < -0.3 is 14.7 Å². The number of nitrogens with zero attached hydrogens (tertiary/aromatic N) is 1. The average Bonchev–Trinajstić information content (AvgIpc) is 2.97. The van der Waals surface area contributed by atoms with Crippen molar-refractivity contribution >= 4 is 17.2 Å². The maximum absolute atomic E-state index is 12.9. The minimum absolute atomic E-state index is 0.186. The number of fused-ring (bicyclic) bond motifs is 2. The Kier molecular flexibility index (Phi) is 3.54. The molecule has 148 valence electrons. The molecule has 4 heteroatoms. The number of hydrogen-bond acceptors (Lipinski definition) is 4. The fourth-order valence-electron chi connectivity index (χ4n) is 5.58. The summed E-state index contributed by atoms with van der Waals surface area (Å²) >= 11 is 0. The Morgan fingerprint density at radius 1 is 0.900 bits per heavy atom. The summed E-state index contributed by atoms with van der Waals surface area (Å²) in [6.07, 6.45) is 2.89. The summed E-state index contributed by atoms with van der Waals surface area (Å²) < 4.78 is 5.91. The van der Waals surface area contributed by atoms with Crippen molar-refractivity contribution in [2.45, 2.75) is 30.2 Å². The number of aliphatic hydroxyl groups is 1. The third-order valence-corrected chi connectivity index (χ3v) is 6.77. The van der Waals surface area contributed by atoms with E-state index < -0.39 is 11.3 Å². The Balaban J connectivity index is 1.68. The highest BCUT2D eigenvalue weighted by Crippen LogP contribution is 2.63. The van der Waals surface area contributed by atoms with Gasteiger partial charge in [-0.1, -0.05) is 84.9 Å². The second-order valence-corrected chi connectivity index (χ2v) is 8.18. The SMILES string of the molecule is O=C1C[C@@H]2C(c3ccccc3)=CC[C@]3(c4ccccc4)N2c2ccccc2C3(O)O1. The van der Waals surface area contributed by atoms with Crippen molar-refractivity contribution in [2.75, 3.05) is 4.90 Å². The van der Waals surface area contributed by atoms with Crippen LogP contribution < -0.4 is 4.90 Å². The molecule has 0 aliphatic carbocycles. The fraction of sp³-hybridized carbons (Fsp3) is 0.192. The van der Waals surface area contributed by atoms with Gasteiger partial charge in [-0.2, -0.15) is 0 Å². The smallest absolute Gasteiger partial charge is 0.311 e. The maximum Gasteiger partial charge on any atom is 0.311 e. The van der Waals surface area contributed by atoms with E-state index in [4.69, 9.17) is 4.74 Å². The Hall–Kier alpha value is -3.37. The van der Waals surface area contributed by atoms with E-state index in [-0.39, 0.29) is 18.4 Å². The molecule has 3 heterocycles. The Morgan fingerprint density at radius 2 is 1.57 bits per heavy atom. The molecule has 0 aromatic heterocycles. The molecule has 0 amide bonds. The summed E-state index contributed by atoms with van der Waals surface area (Å²) in [6.45, 7) is 0. The van der Waals surface area contributed by atoms with Gasteiger partial charge in [-0.3, -0.25) is 4.79 Å². The van der Waals surface area contributed by atoms with Crippen LogP contribution in [0.3, 0.4) is 0 Å². The van der Waals surface area contributed by atoms with E-state index in [1.165, 1.54) is 0 Å². The molecule has 0 spiro atoms. The standard InChI is InChI=1S/C26H21NO3/c28-24-17-23-20(18-9-3-1-4-10-18)15-16-25(19-11-5-2-6-12-19)26(29,30-24)21-13-7-8-14-22(21)27(23)25/h1-15,23,29H,16-17H2/t23-,25-,26?/m1/s1. The summed E-state index contributed by atoms with van der Waals surface area (Å²) in [7, 11) is 0. The third-order valence-electron chi connectivity index (χ3n) is 6.77. The zero-order valence-corrected chi connectivity index (χ0v) is 16.4. The van der Waals surface area contributed by atoms with Crippen molar-refractivity contribution in [1.82, 2.24) is 0 Å². The number of hydrogen-bond donors (Lipinski definition) is 1. The Morgan fingerprint density at radius 3 is 2.33 bits per heavy atom. The second kappa shape index (κ2) is 6.07. The topological polar surface area (TPSA) is 49.8 Å². The number of benzene rings is 3. The number of ether oxygens (including phenoxy) is 1. The molecule has 3 aliphatic heterocycles. The largest absolute Gasteiger partial charge is 0.426 e. The lowest BCUT2D eigenvalue weighted by molar-refractivity contribution is -0.239. The van der Waals surface area contributed by atoms with Crippen LogP contribution in [0.4, 0.5) is 5.69 Å². The van der Waals surface area contributed by atoms with Crippen molar-refractivity contribution in [2.24, 2.45) is 0 Å². The van der Waals surface area contributed by atoms with Crippen molar-refractivity contribution < 1.29 is 14.6 Å². The molecule has 6 rings (SSSR count). The molecule has 0 radical (unpaired) electrons. The van der Waals surface area contributed by atoms with E-state index in [9.17, 15) is 9.90 Å². The van der Waals surface area contributed by atoms with Crippen molar-refractivity contribution in [3.8, 4) is 0 Å². The van der Waals surface area contributed by atoms with Crippen LogP contribution in [0.25, 0.3) is 5.57 Å². The first-order valence-electron chi connectivity index (χ1n) is 10.3. The minimum atomic E-state index is -1.75. The lowest BCUT2D eigenvalue weighted by Gasteiger charge is -2.50. The molecule has 3 atom stereocenters. The second-order valence-electron chi connectivity index (χ2n) is 8.18. The first kappa shape index (κ1) is 17.5. The molecular weight excluding hydrogens is 374 g/mol. The number of rotatable bonds is 2. The van der Waals surface area contributed by atoms with Gasteiger partial charge in [-0.25, -0.2) is 0 Å². The molecule has 30 heavy (non-hydrogen) atoms. The molecule has 4 bridgehead atoms. The van der Waals surface area contributed by atoms with Crippen LogP contribution in [-0.4, -0.2) is 17.1 Å². The number of para-hydroxylation sites is 1. The van der Waals surface area contributed by atoms with Gasteiger partial charge in [0, 0.05) is 17.7 Å². The number of carbonyl (C=O) groups is 1. The van der Waals surface area contributed by atoms with Gasteiger partial charge in [-0.15, -0.1) is 0 Å². The van der Waals surface area contributed by atoms with E-state index in [1.807, 2.05) is 72.8 Å². The summed E-state index contributed by atoms with van der Waals surface area (Å²) in [4.78, 5) is 15.2. The van der Waals surface area contributed by atoms with Gasteiger partial charge in [0.2, 0.25) is 0 Å². The van der Waals surface area contributed by atoms with Crippen LogP contribution in [0, 0.1) is 0 Å². The summed E-state index contributed by atoms with van der Waals surface area (Å²) in [5.74, 6) is -2.14. The Labute approximate surface area is 175 Å². The van der Waals surface area contributed by atoms with Crippen molar-refractivity contribution in [1.29, 1.82) is 0 Å². The molecule has 1 fully saturated rings. The zero-order chi connectivity index (χ0) is 20.3. The van der Waals surface area contributed by atoms with Crippen LogP contribution in [0.15, 0.2) is 91.0 Å². The van der Waals surface area contributed by atoms with E-state index in [0.717, 1.165) is 22.4 Å². The van der Waals surface area contributed by atoms with Crippen molar-refractivity contribution in [3.05, 3.63) is 108 Å². The molecular formula is C26H21NO3. The van der Waals surface area contributed by atoms with Gasteiger partial charge in [0.05, 0.1) is 12.5 Å². The monoisotopic (exact) mass is 395 g/mol. The van der Waals surface area contributed by atoms with Gasteiger partial charge in [-0.05, 0) is 22.8 Å². The van der Waals surface area contributed by atoms with Crippen LogP contribution >= 0.6 is 0 Å². The average molecular weight is 395 g/mol. The number of esters is 1. The highest BCUT2D eigenvalue weighted by atomic mass is 16.7. The minimum Gasteiger partial charge on any atom is -0.426 e. The summed E-state index contributed by atoms with van der Waals surface area (Å²) in [5, 5.41) is 12.1. The quantitative estimate of drug-likeness (QED) is 0.656.